The predicted molar refractivity (Wildman–Crippen MR) is 120 cm³/mol. The summed E-state index contributed by atoms with van der Waals surface area (Å²) in [5, 5.41) is 7.13. The molecule has 3 aromatic rings. The Kier molecular flexibility index (Phi) is 6.58. The molecule has 9 heteroatoms. The van der Waals surface area contributed by atoms with Gasteiger partial charge in [0.2, 0.25) is 0 Å². The number of nitrogens with zero attached hydrogens (tertiary/aromatic N) is 3. The molecule has 1 aliphatic heterocycles. The molecule has 0 radical (unpaired) electrons. The molecule has 0 fully saturated rings. The topological polar surface area (TPSA) is 91.6 Å². The second kappa shape index (κ2) is 9.53. The average Bonchev–Trinajstić information content (AvgIpc) is 3.42. The van der Waals surface area contributed by atoms with Crippen molar-refractivity contribution in [1.29, 1.82) is 0 Å². The smallest absolute Gasteiger partial charge is 0.253 e. The van der Waals surface area contributed by atoms with Crippen molar-refractivity contribution in [2.75, 3.05) is 5.75 Å². The summed E-state index contributed by atoms with van der Waals surface area (Å²) in [5.41, 5.74) is 2.19. The number of carbonyl (C=O) groups excluding carboxylic acids is 1. The molecular weight excluding hydrogens is 436 g/mol. The minimum atomic E-state index is -0.327. The van der Waals surface area contributed by atoms with Gasteiger partial charge in [-0.1, -0.05) is 48.8 Å². The number of H-pyrrole nitrogens is 1. The number of aromatic amines is 1. The van der Waals surface area contributed by atoms with E-state index in [0.717, 1.165) is 23.4 Å². The molecule has 1 atom stereocenters. The minimum absolute atomic E-state index is 0.0904. The molecular formula is C22H21ClN4O3S. The zero-order chi connectivity index (χ0) is 21.8. The van der Waals surface area contributed by atoms with E-state index in [9.17, 15) is 9.59 Å². The summed E-state index contributed by atoms with van der Waals surface area (Å²) in [5.74, 6) is 0.564. The predicted octanol–water partition coefficient (Wildman–Crippen LogP) is 4.44. The van der Waals surface area contributed by atoms with Crippen LogP contribution in [0.3, 0.4) is 0 Å². The third kappa shape index (κ3) is 5.08. The fourth-order valence-electron chi connectivity index (χ4n) is 3.39. The monoisotopic (exact) mass is 456 g/mol. The number of hydrogen-bond donors (Lipinski definition) is 1. The van der Waals surface area contributed by atoms with Crippen LogP contribution in [0.25, 0.3) is 0 Å². The lowest BCUT2D eigenvalue weighted by Gasteiger charge is -2.19. The molecule has 3 heterocycles. The molecule has 2 aromatic heterocycles. The highest BCUT2D eigenvalue weighted by molar-refractivity contribution is 7.99. The van der Waals surface area contributed by atoms with Gasteiger partial charge in [0.25, 0.3) is 11.5 Å². The van der Waals surface area contributed by atoms with Crippen LogP contribution in [0.1, 0.15) is 42.8 Å². The van der Waals surface area contributed by atoms with E-state index in [0.29, 0.717) is 28.8 Å². The Morgan fingerprint density at radius 2 is 2.13 bits per heavy atom. The van der Waals surface area contributed by atoms with Crippen molar-refractivity contribution >= 4 is 35.0 Å². The Morgan fingerprint density at radius 3 is 2.84 bits per heavy atom. The highest BCUT2D eigenvalue weighted by Gasteiger charge is 2.34. The number of furan rings is 1. The Morgan fingerprint density at radius 1 is 1.32 bits per heavy atom. The first-order valence-corrected chi connectivity index (χ1v) is 11.3. The van der Waals surface area contributed by atoms with Gasteiger partial charge >= 0.3 is 0 Å². The Balaban J connectivity index is 1.53. The lowest BCUT2D eigenvalue weighted by atomic mass is 10.0. The van der Waals surface area contributed by atoms with E-state index in [1.54, 1.807) is 24.5 Å². The average molecular weight is 457 g/mol. The van der Waals surface area contributed by atoms with E-state index in [1.165, 1.54) is 22.8 Å². The molecule has 160 valence electrons. The molecule has 31 heavy (non-hydrogen) atoms. The number of nitrogens with one attached hydrogen (secondary N) is 1. The Bertz CT molecular complexity index is 1140. The molecule has 4 rings (SSSR count). The van der Waals surface area contributed by atoms with Crippen LogP contribution in [-0.2, 0) is 11.2 Å². The Labute approximate surface area is 188 Å². The molecule has 1 aliphatic rings. The van der Waals surface area contributed by atoms with Crippen molar-refractivity contribution in [3.05, 3.63) is 81.1 Å². The maximum atomic E-state index is 13.1. The zero-order valence-corrected chi connectivity index (χ0v) is 18.4. The van der Waals surface area contributed by atoms with Gasteiger partial charge in [-0.15, -0.1) is 0 Å². The van der Waals surface area contributed by atoms with E-state index in [4.69, 9.17) is 16.0 Å². The number of rotatable bonds is 7. The van der Waals surface area contributed by atoms with Gasteiger partial charge in [-0.2, -0.15) is 5.10 Å². The van der Waals surface area contributed by atoms with Crippen molar-refractivity contribution in [2.45, 2.75) is 37.4 Å². The van der Waals surface area contributed by atoms with Crippen molar-refractivity contribution in [2.24, 2.45) is 5.10 Å². The Hall–Kier alpha value is -2.84. The van der Waals surface area contributed by atoms with E-state index in [-0.39, 0.29) is 23.3 Å². The quantitative estimate of drug-likeness (QED) is 0.419. The van der Waals surface area contributed by atoms with Crippen LogP contribution in [-0.4, -0.2) is 32.3 Å². The minimum Gasteiger partial charge on any atom is -0.467 e. The van der Waals surface area contributed by atoms with Crippen LogP contribution in [0.5, 0.6) is 0 Å². The third-order valence-electron chi connectivity index (χ3n) is 4.83. The molecule has 0 saturated carbocycles. The standard InChI is InChI=1S/C22H21ClN4O3S/c1-2-4-16-11-20(28)25-22(24-16)31-13-21(29)27-18(19-5-3-10-30-19)12-17(26-27)14-6-8-15(23)9-7-14/h3,5-11,18H,2,4,12-13H2,1H3,(H,24,25,28)/t18-/m1/s1. The van der Waals surface area contributed by atoms with Crippen molar-refractivity contribution < 1.29 is 9.21 Å². The number of aryl methyl sites for hydroxylation is 1. The van der Waals surface area contributed by atoms with Gasteiger partial charge in [0.05, 0.1) is 17.7 Å². The summed E-state index contributed by atoms with van der Waals surface area (Å²) in [6, 6.07) is 12.2. The van der Waals surface area contributed by atoms with Crippen LogP contribution in [0.2, 0.25) is 5.02 Å². The number of hydrazone groups is 1. The van der Waals surface area contributed by atoms with Crippen LogP contribution >= 0.6 is 23.4 Å². The van der Waals surface area contributed by atoms with Gasteiger partial charge in [0.1, 0.15) is 11.8 Å². The van der Waals surface area contributed by atoms with Crippen LogP contribution in [0.15, 0.2) is 68.2 Å². The lowest BCUT2D eigenvalue weighted by Crippen LogP contribution is -2.28. The third-order valence-corrected chi connectivity index (χ3v) is 5.94. The van der Waals surface area contributed by atoms with Gasteiger partial charge < -0.3 is 9.40 Å². The van der Waals surface area contributed by atoms with Crippen molar-refractivity contribution in [3.8, 4) is 0 Å². The summed E-state index contributed by atoms with van der Waals surface area (Å²) in [6.45, 7) is 2.03. The fourth-order valence-corrected chi connectivity index (χ4v) is 4.26. The number of halogens is 1. The lowest BCUT2D eigenvalue weighted by molar-refractivity contribution is -0.130. The summed E-state index contributed by atoms with van der Waals surface area (Å²) in [7, 11) is 0. The van der Waals surface area contributed by atoms with E-state index < -0.39 is 0 Å². The number of amides is 1. The summed E-state index contributed by atoms with van der Waals surface area (Å²) in [6.07, 6.45) is 3.72. The van der Waals surface area contributed by atoms with Gasteiger partial charge in [-0.05, 0) is 36.2 Å². The molecule has 0 saturated heterocycles. The maximum absolute atomic E-state index is 13.1. The van der Waals surface area contributed by atoms with E-state index in [1.807, 2.05) is 25.1 Å². The summed E-state index contributed by atoms with van der Waals surface area (Å²) < 4.78 is 5.57. The first kappa shape index (κ1) is 21.4. The SMILES string of the molecule is CCCc1cc(=O)[nH]c(SCC(=O)N2N=C(c3ccc(Cl)cc3)C[C@@H]2c2ccco2)n1. The largest absolute Gasteiger partial charge is 0.467 e. The summed E-state index contributed by atoms with van der Waals surface area (Å²) in [4.78, 5) is 32.1. The van der Waals surface area contributed by atoms with Gasteiger partial charge in [-0.3, -0.25) is 9.59 Å². The van der Waals surface area contributed by atoms with Gasteiger partial charge in [-0.25, -0.2) is 9.99 Å². The molecule has 0 aliphatic carbocycles. The van der Waals surface area contributed by atoms with Crippen LogP contribution < -0.4 is 5.56 Å². The first-order chi connectivity index (χ1) is 15.0. The van der Waals surface area contributed by atoms with Gasteiger partial charge in [0.15, 0.2) is 5.16 Å². The van der Waals surface area contributed by atoms with Crippen molar-refractivity contribution in [1.82, 2.24) is 15.0 Å². The second-order valence-corrected chi connectivity index (χ2v) is 8.51. The van der Waals surface area contributed by atoms with Crippen LogP contribution in [0.4, 0.5) is 0 Å². The normalized spacial score (nSPS) is 15.9. The van der Waals surface area contributed by atoms with E-state index in [2.05, 4.69) is 15.1 Å². The molecule has 0 unspecified atom stereocenters. The first-order valence-electron chi connectivity index (χ1n) is 9.95. The molecule has 1 N–H and O–H groups in total. The number of aromatic nitrogens is 2. The summed E-state index contributed by atoms with van der Waals surface area (Å²) >= 11 is 7.19. The maximum Gasteiger partial charge on any atom is 0.253 e. The highest BCUT2D eigenvalue weighted by atomic mass is 35.5. The van der Waals surface area contributed by atoms with Crippen molar-refractivity contribution in [3.63, 3.8) is 0 Å². The molecule has 1 amide bonds. The highest BCUT2D eigenvalue weighted by Crippen LogP contribution is 2.34. The molecule has 0 spiro atoms. The number of hydrogen-bond acceptors (Lipinski definition) is 6. The molecule has 0 bridgehead atoms. The van der Waals surface area contributed by atoms with Crippen LogP contribution in [0, 0.1) is 0 Å². The van der Waals surface area contributed by atoms with E-state index >= 15 is 0 Å². The zero-order valence-electron chi connectivity index (χ0n) is 16.9. The second-order valence-electron chi connectivity index (χ2n) is 7.11. The molecule has 7 nitrogen and oxygen atoms in total. The van der Waals surface area contributed by atoms with Gasteiger partial charge in [0, 0.05) is 23.2 Å². The number of carbonyl (C=O) groups is 1. The number of thioether (sulfide) groups is 1. The fraction of sp³-hybridized carbons (Fsp3) is 0.273. The molecule has 1 aromatic carbocycles. The number of benzene rings is 1.